The van der Waals surface area contributed by atoms with E-state index >= 15 is 0 Å². The molecule has 2 aliphatic carbocycles. The van der Waals surface area contributed by atoms with Crippen LogP contribution >= 0.6 is 0 Å². The molecule has 0 aliphatic heterocycles. The second-order valence-corrected chi connectivity index (χ2v) is 5.35. The lowest BCUT2D eigenvalue weighted by molar-refractivity contribution is -0.123. The van der Waals surface area contributed by atoms with Gasteiger partial charge in [-0.15, -0.1) is 0 Å². The van der Waals surface area contributed by atoms with E-state index in [9.17, 15) is 4.79 Å². The van der Waals surface area contributed by atoms with Gasteiger partial charge in [0.2, 0.25) is 5.91 Å². The molecule has 16 heavy (non-hydrogen) atoms. The molecule has 1 amide bonds. The minimum Gasteiger partial charge on any atom is -0.356 e. The first-order valence-electron chi connectivity index (χ1n) is 6.39. The highest BCUT2D eigenvalue weighted by atomic mass is 16.1. The average molecular weight is 222 g/mol. The highest BCUT2D eigenvalue weighted by molar-refractivity contribution is 5.77. The van der Waals surface area contributed by atoms with Crippen LogP contribution in [0.1, 0.15) is 44.9 Å². The number of hydrogen-bond acceptors (Lipinski definition) is 2. The van der Waals surface area contributed by atoms with Gasteiger partial charge in [0, 0.05) is 18.5 Å². The molecular formula is C13H22N2O. The number of allylic oxidation sites excluding steroid dienone is 2. The number of amides is 1. The van der Waals surface area contributed by atoms with E-state index in [1.165, 1.54) is 12.8 Å². The molecule has 1 atom stereocenters. The van der Waals surface area contributed by atoms with Crippen molar-refractivity contribution in [2.24, 2.45) is 11.7 Å². The lowest BCUT2D eigenvalue weighted by Crippen LogP contribution is -2.50. The summed E-state index contributed by atoms with van der Waals surface area (Å²) in [6, 6.07) is 0. The Balaban J connectivity index is 1.65. The summed E-state index contributed by atoms with van der Waals surface area (Å²) in [6.45, 7) is 0.819. The Hall–Kier alpha value is -0.830. The second-order valence-electron chi connectivity index (χ2n) is 5.35. The van der Waals surface area contributed by atoms with Gasteiger partial charge in [-0.3, -0.25) is 4.79 Å². The van der Waals surface area contributed by atoms with Gasteiger partial charge >= 0.3 is 0 Å². The lowest BCUT2D eigenvalue weighted by Gasteiger charge is -2.37. The summed E-state index contributed by atoms with van der Waals surface area (Å²) in [5, 5.41) is 3.02. The fourth-order valence-corrected chi connectivity index (χ4v) is 2.49. The van der Waals surface area contributed by atoms with E-state index < -0.39 is 0 Å². The summed E-state index contributed by atoms with van der Waals surface area (Å²) in [6.07, 6.45) is 11.6. The molecule has 3 nitrogen and oxygen atoms in total. The van der Waals surface area contributed by atoms with Crippen LogP contribution < -0.4 is 11.1 Å². The first-order valence-corrected chi connectivity index (χ1v) is 6.39. The number of carbonyl (C=O) groups excluding carboxylic acids is 1. The summed E-state index contributed by atoms with van der Waals surface area (Å²) in [7, 11) is 0. The number of rotatable bonds is 4. The number of hydrogen-bond donors (Lipinski definition) is 2. The largest absolute Gasteiger partial charge is 0.356 e. The fraction of sp³-hybridized carbons (Fsp3) is 0.769. The summed E-state index contributed by atoms with van der Waals surface area (Å²) in [5.41, 5.74) is 5.86. The summed E-state index contributed by atoms with van der Waals surface area (Å²) < 4.78 is 0. The van der Waals surface area contributed by atoms with Gasteiger partial charge in [0.1, 0.15) is 0 Å². The van der Waals surface area contributed by atoms with Gasteiger partial charge in [0.15, 0.2) is 0 Å². The van der Waals surface area contributed by atoms with E-state index in [-0.39, 0.29) is 11.4 Å². The van der Waals surface area contributed by atoms with Crippen LogP contribution in [0.3, 0.4) is 0 Å². The molecule has 0 radical (unpaired) electrons. The molecule has 1 fully saturated rings. The third-order valence-electron chi connectivity index (χ3n) is 3.83. The smallest absolute Gasteiger partial charge is 0.221 e. The molecule has 3 heteroatoms. The molecule has 1 unspecified atom stereocenters. The van der Waals surface area contributed by atoms with E-state index in [4.69, 9.17) is 5.73 Å². The maximum atomic E-state index is 11.7. The minimum atomic E-state index is -0.184. The quantitative estimate of drug-likeness (QED) is 0.712. The molecule has 0 aromatic rings. The highest BCUT2D eigenvalue weighted by Gasteiger charge is 2.34. The summed E-state index contributed by atoms with van der Waals surface area (Å²) >= 11 is 0. The van der Waals surface area contributed by atoms with Gasteiger partial charge in [-0.2, -0.15) is 0 Å². The Morgan fingerprint density at radius 1 is 1.44 bits per heavy atom. The number of carbonyl (C=O) groups is 1. The SMILES string of the molecule is NC1(CC(=O)NCC2CC=CCC2)CCC1. The molecule has 0 aromatic heterocycles. The first-order chi connectivity index (χ1) is 7.68. The van der Waals surface area contributed by atoms with E-state index in [1.807, 2.05) is 0 Å². The van der Waals surface area contributed by atoms with E-state index in [0.29, 0.717) is 12.3 Å². The molecule has 1 saturated carbocycles. The van der Waals surface area contributed by atoms with Gasteiger partial charge in [0.25, 0.3) is 0 Å². The normalized spacial score (nSPS) is 27.2. The van der Waals surface area contributed by atoms with E-state index in [0.717, 1.165) is 32.2 Å². The monoisotopic (exact) mass is 222 g/mol. The Morgan fingerprint density at radius 3 is 2.81 bits per heavy atom. The Labute approximate surface area is 97.5 Å². The van der Waals surface area contributed by atoms with Crippen molar-refractivity contribution in [3.05, 3.63) is 12.2 Å². The summed E-state index contributed by atoms with van der Waals surface area (Å²) in [5.74, 6) is 0.765. The van der Waals surface area contributed by atoms with Gasteiger partial charge in [-0.25, -0.2) is 0 Å². The Bertz CT molecular complexity index is 282. The van der Waals surface area contributed by atoms with Crippen LogP contribution in [0.2, 0.25) is 0 Å². The molecule has 2 aliphatic rings. The van der Waals surface area contributed by atoms with Crippen LogP contribution in [0.5, 0.6) is 0 Å². The average Bonchev–Trinajstić information content (AvgIpc) is 2.26. The van der Waals surface area contributed by atoms with Crippen molar-refractivity contribution in [2.75, 3.05) is 6.54 Å². The predicted molar refractivity (Wildman–Crippen MR) is 64.9 cm³/mol. The topological polar surface area (TPSA) is 55.1 Å². The maximum absolute atomic E-state index is 11.7. The minimum absolute atomic E-state index is 0.136. The van der Waals surface area contributed by atoms with E-state index in [2.05, 4.69) is 17.5 Å². The first kappa shape index (κ1) is 11.6. The maximum Gasteiger partial charge on any atom is 0.221 e. The molecule has 90 valence electrons. The van der Waals surface area contributed by atoms with Crippen LogP contribution in [0.25, 0.3) is 0 Å². The fourth-order valence-electron chi connectivity index (χ4n) is 2.49. The van der Waals surface area contributed by atoms with Crippen molar-refractivity contribution in [1.29, 1.82) is 0 Å². The molecule has 2 rings (SSSR count). The van der Waals surface area contributed by atoms with Gasteiger partial charge < -0.3 is 11.1 Å². The molecule has 0 bridgehead atoms. The standard InChI is InChI=1S/C13H22N2O/c14-13(7-4-8-13)9-12(16)15-10-11-5-2-1-3-6-11/h1-2,11H,3-10,14H2,(H,15,16). The molecular weight excluding hydrogens is 200 g/mol. The van der Waals surface area contributed by atoms with Crippen molar-refractivity contribution in [2.45, 2.75) is 50.5 Å². The van der Waals surface area contributed by atoms with Gasteiger partial charge in [0.05, 0.1) is 0 Å². The number of nitrogens with two attached hydrogens (primary N) is 1. The molecule has 0 heterocycles. The van der Waals surface area contributed by atoms with Crippen molar-refractivity contribution in [3.63, 3.8) is 0 Å². The van der Waals surface area contributed by atoms with Crippen molar-refractivity contribution in [1.82, 2.24) is 5.32 Å². The molecule has 0 spiro atoms. The molecule has 3 N–H and O–H groups in total. The third-order valence-corrected chi connectivity index (χ3v) is 3.83. The zero-order valence-corrected chi connectivity index (χ0v) is 9.87. The van der Waals surface area contributed by atoms with Crippen LogP contribution in [0, 0.1) is 5.92 Å². The van der Waals surface area contributed by atoms with Gasteiger partial charge in [-0.1, -0.05) is 12.2 Å². The van der Waals surface area contributed by atoms with Gasteiger partial charge in [-0.05, 0) is 44.4 Å². The van der Waals surface area contributed by atoms with Crippen LogP contribution in [-0.4, -0.2) is 18.0 Å². The Morgan fingerprint density at radius 2 is 2.25 bits per heavy atom. The molecule has 0 saturated heterocycles. The Kier molecular flexibility index (Phi) is 3.64. The third kappa shape index (κ3) is 3.08. The summed E-state index contributed by atoms with van der Waals surface area (Å²) in [4.78, 5) is 11.7. The molecule has 0 aromatic carbocycles. The second kappa shape index (κ2) is 5.00. The zero-order chi connectivity index (χ0) is 11.4. The predicted octanol–water partition coefficient (Wildman–Crippen LogP) is 1.73. The van der Waals surface area contributed by atoms with Crippen molar-refractivity contribution < 1.29 is 4.79 Å². The van der Waals surface area contributed by atoms with Crippen LogP contribution in [0.4, 0.5) is 0 Å². The zero-order valence-electron chi connectivity index (χ0n) is 9.87. The van der Waals surface area contributed by atoms with E-state index in [1.54, 1.807) is 0 Å². The van der Waals surface area contributed by atoms with Crippen molar-refractivity contribution in [3.8, 4) is 0 Å². The lowest BCUT2D eigenvalue weighted by atomic mass is 9.75. The number of nitrogens with one attached hydrogen (secondary N) is 1. The van der Waals surface area contributed by atoms with Crippen LogP contribution in [0.15, 0.2) is 12.2 Å². The highest BCUT2D eigenvalue weighted by Crippen LogP contribution is 2.31. The van der Waals surface area contributed by atoms with Crippen molar-refractivity contribution >= 4 is 5.91 Å². The van der Waals surface area contributed by atoms with Crippen LogP contribution in [-0.2, 0) is 4.79 Å².